The lowest BCUT2D eigenvalue weighted by Gasteiger charge is -2.18. The van der Waals surface area contributed by atoms with E-state index >= 15 is 0 Å². The summed E-state index contributed by atoms with van der Waals surface area (Å²) in [6.07, 6.45) is 0.337. The van der Waals surface area contributed by atoms with E-state index in [0.29, 0.717) is 31.0 Å². The molecule has 0 fully saturated rings. The van der Waals surface area contributed by atoms with Crippen LogP contribution in [0.1, 0.15) is 30.9 Å². The Morgan fingerprint density at radius 2 is 1.94 bits per heavy atom. The lowest BCUT2D eigenvalue weighted by molar-refractivity contribution is 0.119. The number of ether oxygens (including phenoxy) is 3. The van der Waals surface area contributed by atoms with Gasteiger partial charge in [-0.2, -0.15) is 0 Å². The van der Waals surface area contributed by atoms with Gasteiger partial charge in [0, 0.05) is 13.1 Å². The van der Waals surface area contributed by atoms with E-state index in [9.17, 15) is 22.8 Å². The molecule has 2 rings (SSSR count). The van der Waals surface area contributed by atoms with Crippen LogP contribution in [-0.2, 0) is 11.3 Å². The molecule has 2 aromatic rings. The van der Waals surface area contributed by atoms with Gasteiger partial charge in [0.25, 0.3) is 5.88 Å². The molecule has 36 heavy (non-hydrogen) atoms. The number of amides is 2. The Bertz CT molecular complexity index is 1040. The highest BCUT2D eigenvalue weighted by Gasteiger charge is 2.24. The molecule has 0 bridgehead atoms. The van der Waals surface area contributed by atoms with E-state index in [0.717, 1.165) is 32.7 Å². The number of hydrogen-bond acceptors (Lipinski definition) is 9. The predicted molar refractivity (Wildman–Crippen MR) is 126 cm³/mol. The quantitative estimate of drug-likeness (QED) is 0.202. The molecule has 0 unspecified atom stereocenters. The number of nitrogens with zero attached hydrogens (tertiary/aromatic N) is 2. The van der Waals surface area contributed by atoms with Gasteiger partial charge in [0.1, 0.15) is 12.4 Å². The molecule has 0 saturated carbocycles. The number of urea groups is 1. The SMILES string of the molecule is CCN(CCO)CCCCNC(=O)Nc1snc(OCc2c(F)cc(C)c(F)c2F)c1OC(=O)OC. The molecule has 0 aliphatic heterocycles. The number of likely N-dealkylation sites (N-methyl/N-ethyl adjacent to an activating group) is 1. The number of unbranched alkanes of at least 4 members (excludes halogenated alkanes) is 1. The van der Waals surface area contributed by atoms with E-state index < -0.39 is 41.8 Å². The Kier molecular flexibility index (Phi) is 11.7. The summed E-state index contributed by atoms with van der Waals surface area (Å²) < 4.78 is 60.7. The van der Waals surface area contributed by atoms with Crippen molar-refractivity contribution in [2.24, 2.45) is 0 Å². The second-order valence-corrected chi connectivity index (χ2v) is 8.29. The topological polar surface area (TPSA) is 122 Å². The number of carbonyl (C=O) groups excluding carboxylic acids is 2. The number of aliphatic hydroxyl groups excluding tert-OH is 1. The molecule has 1 aromatic carbocycles. The van der Waals surface area contributed by atoms with Crippen LogP contribution >= 0.6 is 11.5 Å². The van der Waals surface area contributed by atoms with Crippen molar-refractivity contribution in [2.75, 3.05) is 45.2 Å². The lowest BCUT2D eigenvalue weighted by Crippen LogP contribution is -2.31. The second kappa shape index (κ2) is 14.5. The Hall–Kier alpha value is -3.10. The van der Waals surface area contributed by atoms with Crippen LogP contribution in [0.15, 0.2) is 6.07 Å². The van der Waals surface area contributed by atoms with Gasteiger partial charge in [-0.3, -0.25) is 5.32 Å². The zero-order valence-electron chi connectivity index (χ0n) is 20.2. The van der Waals surface area contributed by atoms with E-state index in [2.05, 4.69) is 24.6 Å². The number of aromatic nitrogens is 1. The first-order valence-corrected chi connectivity index (χ1v) is 11.9. The van der Waals surface area contributed by atoms with Crippen molar-refractivity contribution < 1.29 is 42.1 Å². The monoisotopic (exact) mass is 534 g/mol. The highest BCUT2D eigenvalue weighted by atomic mass is 32.1. The number of anilines is 1. The fourth-order valence-electron chi connectivity index (χ4n) is 3.06. The number of carbonyl (C=O) groups is 2. The fraction of sp³-hybridized carbons (Fsp3) is 0.500. The van der Waals surface area contributed by atoms with Crippen LogP contribution in [-0.4, -0.2) is 66.5 Å². The summed E-state index contributed by atoms with van der Waals surface area (Å²) >= 11 is 0.691. The largest absolute Gasteiger partial charge is 0.513 e. The predicted octanol–water partition coefficient (Wildman–Crippen LogP) is 3.81. The molecule has 2 amide bonds. The van der Waals surface area contributed by atoms with Crippen molar-refractivity contribution in [3.63, 3.8) is 0 Å². The third kappa shape index (κ3) is 8.24. The minimum atomic E-state index is -1.41. The Labute approximate surface area is 210 Å². The summed E-state index contributed by atoms with van der Waals surface area (Å²) in [4.78, 5) is 26.0. The van der Waals surface area contributed by atoms with Gasteiger partial charge in [0.05, 0.1) is 19.3 Å². The van der Waals surface area contributed by atoms with E-state index in [1.165, 1.54) is 6.92 Å². The Balaban J connectivity index is 2.01. The van der Waals surface area contributed by atoms with Gasteiger partial charge in [-0.15, -0.1) is 4.37 Å². The third-order valence-electron chi connectivity index (χ3n) is 5.04. The number of rotatable bonds is 13. The van der Waals surface area contributed by atoms with E-state index in [1.54, 1.807) is 0 Å². The standard InChI is InChI=1S/C22H29F3N4O6S/c1-4-29(9-10-30)8-6-5-7-26-21(31)27-20-18(35-22(32)33-3)19(28-36-20)34-12-14-15(23)11-13(2)16(24)17(14)25/h11,30H,4-10,12H2,1-3H3,(H2,26,27,31). The maximum atomic E-state index is 14.1. The highest BCUT2D eigenvalue weighted by molar-refractivity contribution is 7.11. The molecule has 0 atom stereocenters. The van der Waals surface area contributed by atoms with Gasteiger partial charge in [-0.1, -0.05) is 6.92 Å². The maximum absolute atomic E-state index is 14.1. The molecule has 0 aliphatic carbocycles. The molecule has 0 aliphatic rings. The first kappa shape index (κ1) is 29.1. The molecule has 0 spiro atoms. The van der Waals surface area contributed by atoms with Crippen LogP contribution in [0.4, 0.5) is 27.8 Å². The van der Waals surface area contributed by atoms with Crippen molar-refractivity contribution in [3.05, 3.63) is 34.6 Å². The minimum Gasteiger partial charge on any atom is -0.469 e. The van der Waals surface area contributed by atoms with E-state index in [4.69, 9.17) is 14.6 Å². The lowest BCUT2D eigenvalue weighted by atomic mass is 10.1. The first-order chi connectivity index (χ1) is 17.2. The summed E-state index contributed by atoms with van der Waals surface area (Å²) in [7, 11) is 1.06. The fourth-order valence-corrected chi connectivity index (χ4v) is 3.72. The summed E-state index contributed by atoms with van der Waals surface area (Å²) in [5.41, 5.74) is -0.884. The zero-order valence-corrected chi connectivity index (χ0v) is 21.0. The molecule has 10 nitrogen and oxygen atoms in total. The molecular formula is C22H29F3N4O6S. The first-order valence-electron chi connectivity index (χ1n) is 11.1. The molecule has 0 saturated heterocycles. The molecule has 200 valence electrons. The maximum Gasteiger partial charge on any atom is 0.513 e. The van der Waals surface area contributed by atoms with Gasteiger partial charge in [-0.25, -0.2) is 22.8 Å². The summed E-state index contributed by atoms with van der Waals surface area (Å²) in [5, 5.41) is 14.1. The smallest absolute Gasteiger partial charge is 0.469 e. The van der Waals surface area contributed by atoms with Crippen molar-refractivity contribution in [1.82, 2.24) is 14.6 Å². The Morgan fingerprint density at radius 3 is 2.61 bits per heavy atom. The number of methoxy groups -OCH3 is 1. The van der Waals surface area contributed by atoms with Crippen molar-refractivity contribution >= 4 is 28.7 Å². The zero-order chi connectivity index (χ0) is 26.7. The third-order valence-corrected chi connectivity index (χ3v) is 5.77. The average molecular weight is 535 g/mol. The van der Waals surface area contributed by atoms with E-state index in [1.807, 2.05) is 6.92 Å². The van der Waals surface area contributed by atoms with E-state index in [-0.39, 0.29) is 28.8 Å². The molecule has 0 radical (unpaired) electrons. The normalized spacial score (nSPS) is 10.9. The van der Waals surface area contributed by atoms with Crippen molar-refractivity contribution in [3.8, 4) is 11.6 Å². The van der Waals surface area contributed by atoms with Gasteiger partial charge in [0.2, 0.25) is 5.75 Å². The van der Waals surface area contributed by atoms with Crippen LogP contribution in [0.3, 0.4) is 0 Å². The summed E-state index contributed by atoms with van der Waals surface area (Å²) in [5.74, 6) is -4.33. The number of aryl methyl sites for hydroxylation is 1. The number of nitrogens with one attached hydrogen (secondary N) is 2. The average Bonchev–Trinajstić information content (AvgIpc) is 3.22. The molecule has 14 heteroatoms. The van der Waals surface area contributed by atoms with Gasteiger partial charge in [-0.05, 0) is 56.0 Å². The number of aliphatic hydroxyl groups is 1. The van der Waals surface area contributed by atoms with Gasteiger partial charge < -0.3 is 29.5 Å². The highest BCUT2D eigenvalue weighted by Crippen LogP contribution is 2.39. The van der Waals surface area contributed by atoms with Gasteiger partial charge >= 0.3 is 12.2 Å². The van der Waals surface area contributed by atoms with Crippen LogP contribution in [0.5, 0.6) is 11.6 Å². The second-order valence-electron chi connectivity index (χ2n) is 7.52. The van der Waals surface area contributed by atoms with Crippen LogP contribution in [0.2, 0.25) is 0 Å². The molecular weight excluding hydrogens is 505 g/mol. The van der Waals surface area contributed by atoms with Crippen LogP contribution in [0, 0.1) is 24.4 Å². The molecule has 1 aromatic heterocycles. The number of hydrogen-bond donors (Lipinski definition) is 3. The minimum absolute atomic E-state index is 0.0240. The number of benzene rings is 1. The van der Waals surface area contributed by atoms with Crippen molar-refractivity contribution in [2.45, 2.75) is 33.3 Å². The van der Waals surface area contributed by atoms with Crippen LogP contribution in [0.25, 0.3) is 0 Å². The Morgan fingerprint density at radius 1 is 1.19 bits per heavy atom. The van der Waals surface area contributed by atoms with Crippen molar-refractivity contribution in [1.29, 1.82) is 0 Å². The summed E-state index contributed by atoms with van der Waals surface area (Å²) in [6, 6.07) is 0.216. The van der Waals surface area contributed by atoms with Gasteiger partial charge in [0.15, 0.2) is 16.6 Å². The number of halogens is 3. The molecule has 3 N–H and O–H groups in total. The molecule has 1 heterocycles. The summed E-state index contributed by atoms with van der Waals surface area (Å²) in [6.45, 7) is 5.06. The van der Waals surface area contributed by atoms with Crippen LogP contribution < -0.4 is 20.1 Å².